The van der Waals surface area contributed by atoms with E-state index >= 15 is 0 Å². The molecule has 0 aliphatic heterocycles. The number of nitrogen functional groups attached to an aromatic ring is 1. The Hall–Kier alpha value is -1.68. The largest absolute Gasteiger partial charge is 0.492 e. The molecule has 2 aromatic rings. The van der Waals surface area contributed by atoms with Crippen LogP contribution in [0.3, 0.4) is 0 Å². The predicted octanol–water partition coefficient (Wildman–Crippen LogP) is 3.90. The molecule has 0 saturated carbocycles. The third-order valence-corrected chi connectivity index (χ3v) is 3.95. The molecule has 1 heterocycles. The van der Waals surface area contributed by atoms with E-state index in [9.17, 15) is 0 Å². The lowest BCUT2D eigenvalue weighted by molar-refractivity contribution is 0.342. The number of anilines is 2. The van der Waals surface area contributed by atoms with E-state index in [1.165, 1.54) is 10.4 Å². The van der Waals surface area contributed by atoms with E-state index in [2.05, 4.69) is 23.7 Å². The highest BCUT2D eigenvalue weighted by Gasteiger charge is 2.04. The predicted molar refractivity (Wildman–Crippen MR) is 83.0 cm³/mol. The Morgan fingerprint density at radius 3 is 2.84 bits per heavy atom. The molecule has 0 amide bonds. The molecular weight excluding hydrogens is 256 g/mol. The minimum atomic E-state index is 0.624. The SMILES string of the molecule is CCOc1cc(NCc2sccc2CC)ccc1N. The molecule has 0 aliphatic rings. The standard InChI is InChI=1S/C15H20N2OS/c1-3-11-7-8-19-15(11)10-17-12-5-6-13(16)14(9-12)18-4-2/h5-9,17H,3-4,10,16H2,1-2H3. The fraction of sp³-hybridized carbons (Fsp3) is 0.333. The number of aryl methyl sites for hydroxylation is 1. The Bertz CT molecular complexity index is 537. The second kappa shape index (κ2) is 6.48. The zero-order chi connectivity index (χ0) is 13.7. The van der Waals surface area contributed by atoms with E-state index in [4.69, 9.17) is 10.5 Å². The molecule has 0 saturated heterocycles. The summed E-state index contributed by atoms with van der Waals surface area (Å²) in [5.74, 6) is 0.745. The average molecular weight is 276 g/mol. The van der Waals surface area contributed by atoms with Crippen molar-refractivity contribution in [1.29, 1.82) is 0 Å². The van der Waals surface area contributed by atoms with E-state index in [1.807, 2.05) is 25.1 Å². The zero-order valence-corrected chi connectivity index (χ0v) is 12.2. The van der Waals surface area contributed by atoms with Crippen LogP contribution in [-0.4, -0.2) is 6.61 Å². The fourth-order valence-electron chi connectivity index (χ4n) is 1.94. The van der Waals surface area contributed by atoms with E-state index in [-0.39, 0.29) is 0 Å². The van der Waals surface area contributed by atoms with Gasteiger partial charge < -0.3 is 15.8 Å². The average Bonchev–Trinajstić information content (AvgIpc) is 2.87. The van der Waals surface area contributed by atoms with E-state index in [0.29, 0.717) is 12.3 Å². The number of thiophene rings is 1. The molecule has 0 aliphatic carbocycles. The van der Waals surface area contributed by atoms with Gasteiger partial charge in [-0.3, -0.25) is 0 Å². The Morgan fingerprint density at radius 1 is 1.26 bits per heavy atom. The first-order valence-electron chi connectivity index (χ1n) is 6.56. The topological polar surface area (TPSA) is 47.3 Å². The summed E-state index contributed by atoms with van der Waals surface area (Å²) in [5, 5.41) is 5.57. The van der Waals surface area contributed by atoms with Crippen molar-refractivity contribution in [3.8, 4) is 5.75 Å². The van der Waals surface area contributed by atoms with Gasteiger partial charge in [0.2, 0.25) is 0 Å². The lowest BCUT2D eigenvalue weighted by atomic mass is 10.2. The van der Waals surface area contributed by atoms with Crippen molar-refractivity contribution < 1.29 is 4.74 Å². The monoisotopic (exact) mass is 276 g/mol. The summed E-state index contributed by atoms with van der Waals surface area (Å²) >= 11 is 1.79. The molecule has 1 aromatic heterocycles. The quantitative estimate of drug-likeness (QED) is 0.787. The van der Waals surface area contributed by atoms with Crippen LogP contribution in [0.25, 0.3) is 0 Å². The van der Waals surface area contributed by atoms with Crippen LogP contribution in [0.4, 0.5) is 11.4 Å². The molecule has 1 aromatic carbocycles. The molecule has 102 valence electrons. The van der Waals surface area contributed by atoms with Crippen molar-refractivity contribution in [3.05, 3.63) is 40.1 Å². The highest BCUT2D eigenvalue weighted by molar-refractivity contribution is 7.10. The van der Waals surface area contributed by atoms with Crippen LogP contribution in [0.2, 0.25) is 0 Å². The maximum absolute atomic E-state index is 5.86. The van der Waals surface area contributed by atoms with Gasteiger partial charge in [0.05, 0.1) is 12.3 Å². The van der Waals surface area contributed by atoms with Gasteiger partial charge in [-0.15, -0.1) is 11.3 Å². The summed E-state index contributed by atoms with van der Waals surface area (Å²) in [6.45, 7) is 5.61. The van der Waals surface area contributed by atoms with Crippen LogP contribution >= 0.6 is 11.3 Å². The van der Waals surface area contributed by atoms with Crippen molar-refractivity contribution in [1.82, 2.24) is 0 Å². The highest BCUT2D eigenvalue weighted by atomic mass is 32.1. The number of benzene rings is 1. The van der Waals surface area contributed by atoms with Gasteiger partial charge in [-0.05, 0) is 42.5 Å². The number of nitrogens with two attached hydrogens (primary N) is 1. The number of ether oxygens (including phenoxy) is 1. The minimum Gasteiger partial charge on any atom is -0.492 e. The summed E-state index contributed by atoms with van der Waals surface area (Å²) in [7, 11) is 0. The lowest BCUT2D eigenvalue weighted by Crippen LogP contribution is -2.02. The first-order chi connectivity index (χ1) is 9.24. The van der Waals surface area contributed by atoms with Crippen LogP contribution in [0.5, 0.6) is 5.75 Å². The molecule has 3 N–H and O–H groups in total. The van der Waals surface area contributed by atoms with Crippen LogP contribution in [-0.2, 0) is 13.0 Å². The van der Waals surface area contributed by atoms with Gasteiger partial charge in [-0.25, -0.2) is 0 Å². The smallest absolute Gasteiger partial charge is 0.144 e. The third kappa shape index (κ3) is 3.41. The highest BCUT2D eigenvalue weighted by Crippen LogP contribution is 2.26. The van der Waals surface area contributed by atoms with Crippen molar-refractivity contribution in [2.45, 2.75) is 26.8 Å². The first-order valence-corrected chi connectivity index (χ1v) is 7.44. The number of rotatable bonds is 6. The van der Waals surface area contributed by atoms with Gasteiger partial charge in [0.1, 0.15) is 5.75 Å². The summed E-state index contributed by atoms with van der Waals surface area (Å²) < 4.78 is 5.50. The van der Waals surface area contributed by atoms with Gasteiger partial charge in [-0.1, -0.05) is 6.92 Å². The molecule has 4 heteroatoms. The molecule has 19 heavy (non-hydrogen) atoms. The lowest BCUT2D eigenvalue weighted by Gasteiger charge is -2.11. The molecule has 0 radical (unpaired) electrons. The number of hydrogen-bond donors (Lipinski definition) is 2. The van der Waals surface area contributed by atoms with Gasteiger partial charge in [0, 0.05) is 23.2 Å². The van der Waals surface area contributed by atoms with Crippen LogP contribution in [0.15, 0.2) is 29.6 Å². The molecule has 0 bridgehead atoms. The van der Waals surface area contributed by atoms with Crippen molar-refractivity contribution >= 4 is 22.7 Å². The van der Waals surface area contributed by atoms with E-state index in [1.54, 1.807) is 11.3 Å². The summed E-state index contributed by atoms with van der Waals surface area (Å²) in [6.07, 6.45) is 1.08. The molecule has 0 spiro atoms. The van der Waals surface area contributed by atoms with E-state index < -0.39 is 0 Å². The van der Waals surface area contributed by atoms with Crippen LogP contribution < -0.4 is 15.8 Å². The van der Waals surface area contributed by atoms with Gasteiger partial charge in [0.25, 0.3) is 0 Å². The molecule has 2 rings (SSSR count). The Labute approximate surface area is 118 Å². The number of hydrogen-bond acceptors (Lipinski definition) is 4. The third-order valence-electron chi connectivity index (χ3n) is 2.99. The summed E-state index contributed by atoms with van der Waals surface area (Å²) in [6, 6.07) is 8.01. The van der Waals surface area contributed by atoms with Crippen molar-refractivity contribution in [3.63, 3.8) is 0 Å². The van der Waals surface area contributed by atoms with Gasteiger partial charge in [-0.2, -0.15) is 0 Å². The van der Waals surface area contributed by atoms with Crippen LogP contribution in [0.1, 0.15) is 24.3 Å². The van der Waals surface area contributed by atoms with Gasteiger partial charge >= 0.3 is 0 Å². The normalized spacial score (nSPS) is 10.4. The Kier molecular flexibility index (Phi) is 4.68. The fourth-order valence-corrected chi connectivity index (χ4v) is 2.86. The van der Waals surface area contributed by atoms with Crippen molar-refractivity contribution in [2.75, 3.05) is 17.7 Å². The molecular formula is C15H20N2OS. The second-order valence-corrected chi connectivity index (χ2v) is 5.26. The Balaban J connectivity index is 2.05. The van der Waals surface area contributed by atoms with Crippen molar-refractivity contribution in [2.24, 2.45) is 0 Å². The van der Waals surface area contributed by atoms with Crippen LogP contribution in [0, 0.1) is 0 Å². The van der Waals surface area contributed by atoms with Gasteiger partial charge in [0.15, 0.2) is 0 Å². The maximum Gasteiger partial charge on any atom is 0.144 e. The zero-order valence-electron chi connectivity index (χ0n) is 11.4. The second-order valence-electron chi connectivity index (χ2n) is 4.26. The Morgan fingerprint density at radius 2 is 2.11 bits per heavy atom. The number of nitrogens with one attached hydrogen (secondary N) is 1. The summed E-state index contributed by atoms with van der Waals surface area (Å²) in [5.41, 5.74) is 8.99. The molecule has 3 nitrogen and oxygen atoms in total. The van der Waals surface area contributed by atoms with E-state index in [0.717, 1.165) is 24.4 Å². The molecule has 0 atom stereocenters. The summed E-state index contributed by atoms with van der Waals surface area (Å²) in [4.78, 5) is 1.39. The minimum absolute atomic E-state index is 0.624. The maximum atomic E-state index is 5.86. The first kappa shape index (κ1) is 13.7. The molecule has 0 fully saturated rings. The molecule has 0 unspecified atom stereocenters.